The van der Waals surface area contributed by atoms with Crippen molar-refractivity contribution in [3.05, 3.63) is 70.3 Å². The molecule has 1 saturated heterocycles. The number of amides is 1. The number of hydrogen-bond acceptors (Lipinski definition) is 5. The summed E-state index contributed by atoms with van der Waals surface area (Å²) in [6, 6.07) is 12.8. The lowest BCUT2D eigenvalue weighted by atomic mass is 9.93. The first-order valence-corrected chi connectivity index (χ1v) is 10.4. The quantitative estimate of drug-likeness (QED) is 0.440. The summed E-state index contributed by atoms with van der Waals surface area (Å²) in [5.74, 6) is -1.33. The van der Waals surface area contributed by atoms with Gasteiger partial charge in [-0.15, -0.1) is 0 Å². The molecule has 6 heteroatoms. The zero-order valence-corrected chi connectivity index (χ0v) is 19.1. The molecule has 0 radical (unpaired) electrons. The van der Waals surface area contributed by atoms with Crippen LogP contribution in [-0.4, -0.2) is 67.9 Å². The highest BCUT2D eigenvalue weighted by Crippen LogP contribution is 2.40. The van der Waals surface area contributed by atoms with Crippen LogP contribution in [0.4, 0.5) is 5.69 Å². The van der Waals surface area contributed by atoms with Crippen molar-refractivity contribution in [2.24, 2.45) is 0 Å². The largest absolute Gasteiger partial charge is 0.507 e. The van der Waals surface area contributed by atoms with E-state index in [9.17, 15) is 14.7 Å². The van der Waals surface area contributed by atoms with E-state index < -0.39 is 17.7 Å². The molecule has 3 rings (SSSR count). The number of carbonyl (C=O) groups excluding carboxylic acids is 2. The Labute approximate surface area is 184 Å². The minimum Gasteiger partial charge on any atom is -0.507 e. The second-order valence-corrected chi connectivity index (χ2v) is 8.60. The third-order valence-electron chi connectivity index (χ3n) is 5.70. The number of hydrogen-bond donors (Lipinski definition) is 1. The Balaban J connectivity index is 2.17. The van der Waals surface area contributed by atoms with Crippen LogP contribution < -0.4 is 4.90 Å². The molecule has 0 aliphatic carbocycles. The maximum absolute atomic E-state index is 13.1. The van der Waals surface area contributed by atoms with E-state index >= 15 is 0 Å². The number of anilines is 1. The minimum atomic E-state index is -0.640. The Bertz CT molecular complexity index is 1020. The summed E-state index contributed by atoms with van der Waals surface area (Å²) in [6.45, 7) is 4.82. The first kappa shape index (κ1) is 22.6. The number of carbonyl (C=O) groups is 2. The van der Waals surface area contributed by atoms with Gasteiger partial charge in [-0.3, -0.25) is 9.59 Å². The summed E-state index contributed by atoms with van der Waals surface area (Å²) in [4.78, 5) is 31.6. The Morgan fingerprint density at radius 2 is 1.65 bits per heavy atom. The van der Waals surface area contributed by atoms with E-state index in [1.54, 1.807) is 4.90 Å². The van der Waals surface area contributed by atoms with Crippen LogP contribution in [0.2, 0.25) is 0 Å². The number of Topliss-reactive ketones (excluding diaryl/α,β-unsaturated/α-hetero) is 1. The highest BCUT2D eigenvalue weighted by Gasteiger charge is 2.46. The summed E-state index contributed by atoms with van der Waals surface area (Å²) in [6.07, 6.45) is 0. The van der Waals surface area contributed by atoms with Crippen molar-refractivity contribution < 1.29 is 14.7 Å². The van der Waals surface area contributed by atoms with Crippen molar-refractivity contribution in [1.82, 2.24) is 9.80 Å². The second kappa shape index (κ2) is 8.94. The summed E-state index contributed by atoms with van der Waals surface area (Å²) in [5, 5.41) is 11.2. The molecule has 0 spiro atoms. The number of rotatable bonds is 6. The molecule has 2 aromatic rings. The van der Waals surface area contributed by atoms with E-state index in [0.717, 1.165) is 22.4 Å². The average molecular weight is 422 g/mol. The summed E-state index contributed by atoms with van der Waals surface area (Å²) in [5.41, 5.74) is 4.37. The van der Waals surface area contributed by atoms with Gasteiger partial charge in [0.25, 0.3) is 11.7 Å². The smallest absolute Gasteiger partial charge is 0.295 e. The van der Waals surface area contributed by atoms with E-state index in [1.165, 1.54) is 0 Å². The van der Waals surface area contributed by atoms with Crippen LogP contribution in [0.25, 0.3) is 5.76 Å². The maximum Gasteiger partial charge on any atom is 0.295 e. The first-order valence-electron chi connectivity index (χ1n) is 10.4. The van der Waals surface area contributed by atoms with Crippen LogP contribution >= 0.6 is 0 Å². The van der Waals surface area contributed by atoms with Gasteiger partial charge in [-0.05, 0) is 57.3 Å². The topological polar surface area (TPSA) is 64.1 Å². The van der Waals surface area contributed by atoms with Crippen molar-refractivity contribution in [3.63, 3.8) is 0 Å². The fourth-order valence-electron chi connectivity index (χ4n) is 3.86. The molecular weight excluding hydrogens is 390 g/mol. The van der Waals surface area contributed by atoms with Gasteiger partial charge in [0.05, 0.1) is 11.6 Å². The molecule has 1 aliphatic heterocycles. The molecule has 31 heavy (non-hydrogen) atoms. The van der Waals surface area contributed by atoms with E-state index in [1.807, 2.05) is 94.3 Å². The monoisotopic (exact) mass is 421 g/mol. The molecule has 164 valence electrons. The predicted octanol–water partition coefficient (Wildman–Crippen LogP) is 3.35. The van der Waals surface area contributed by atoms with Crippen molar-refractivity contribution in [2.75, 3.05) is 46.2 Å². The van der Waals surface area contributed by atoms with Crippen molar-refractivity contribution in [1.29, 1.82) is 0 Å². The predicted molar refractivity (Wildman–Crippen MR) is 124 cm³/mol. The molecule has 1 heterocycles. The highest BCUT2D eigenvalue weighted by atomic mass is 16.3. The lowest BCUT2D eigenvalue weighted by Crippen LogP contribution is -2.35. The molecule has 6 nitrogen and oxygen atoms in total. The number of aliphatic hydroxyl groups excluding tert-OH is 1. The Hall–Kier alpha value is -3.12. The normalized spacial score (nSPS) is 18.2. The van der Waals surface area contributed by atoms with Gasteiger partial charge in [0.2, 0.25) is 0 Å². The summed E-state index contributed by atoms with van der Waals surface area (Å²) >= 11 is 0. The van der Waals surface area contributed by atoms with E-state index in [-0.39, 0.29) is 11.3 Å². The fraction of sp³-hybridized carbons (Fsp3) is 0.360. The molecule has 1 unspecified atom stereocenters. The number of aliphatic hydroxyl groups is 1. The van der Waals surface area contributed by atoms with Crippen LogP contribution in [0.1, 0.15) is 28.3 Å². The van der Waals surface area contributed by atoms with E-state index in [0.29, 0.717) is 18.7 Å². The molecule has 0 saturated carbocycles. The van der Waals surface area contributed by atoms with Crippen LogP contribution in [-0.2, 0) is 9.59 Å². The first-order chi connectivity index (χ1) is 14.6. The van der Waals surface area contributed by atoms with Crippen molar-refractivity contribution in [3.8, 4) is 0 Å². The molecule has 1 fully saturated rings. The zero-order chi connectivity index (χ0) is 22.9. The Kier molecular flexibility index (Phi) is 6.51. The average Bonchev–Trinajstić information content (AvgIpc) is 2.98. The lowest BCUT2D eigenvalue weighted by Gasteiger charge is -2.27. The maximum atomic E-state index is 13.1. The number of likely N-dealkylation sites (N-methyl/N-ethyl adjacent to an activating group) is 1. The van der Waals surface area contributed by atoms with Crippen LogP contribution in [0, 0.1) is 13.8 Å². The zero-order valence-electron chi connectivity index (χ0n) is 19.1. The van der Waals surface area contributed by atoms with Gasteiger partial charge in [0.15, 0.2) is 0 Å². The van der Waals surface area contributed by atoms with Gasteiger partial charge in [-0.2, -0.15) is 0 Å². The third-order valence-corrected chi connectivity index (χ3v) is 5.70. The van der Waals surface area contributed by atoms with Gasteiger partial charge in [-0.25, -0.2) is 0 Å². The lowest BCUT2D eigenvalue weighted by molar-refractivity contribution is -0.140. The number of likely N-dealkylation sites (tertiary alicyclic amines) is 1. The number of ketones is 1. The SMILES string of the molecule is Cc1ccc(C)c(C(O)=C2C(=O)C(=O)N(CCN(C)C)C2c2ccc(N(C)C)cc2)c1. The van der Waals surface area contributed by atoms with Gasteiger partial charge < -0.3 is 19.8 Å². The molecule has 1 aliphatic rings. The molecule has 1 N–H and O–H groups in total. The van der Waals surface area contributed by atoms with E-state index in [2.05, 4.69) is 0 Å². The number of nitrogens with zero attached hydrogens (tertiary/aromatic N) is 3. The van der Waals surface area contributed by atoms with Crippen LogP contribution in [0.5, 0.6) is 0 Å². The molecule has 0 aromatic heterocycles. The third kappa shape index (κ3) is 4.49. The summed E-state index contributed by atoms with van der Waals surface area (Å²) < 4.78 is 0. The van der Waals surface area contributed by atoms with Crippen LogP contribution in [0.3, 0.4) is 0 Å². The van der Waals surface area contributed by atoms with E-state index in [4.69, 9.17) is 0 Å². The molecule has 1 atom stereocenters. The van der Waals surface area contributed by atoms with Gasteiger partial charge in [-0.1, -0.05) is 29.8 Å². The molecular formula is C25H31N3O3. The summed E-state index contributed by atoms with van der Waals surface area (Å²) in [7, 11) is 7.76. The minimum absolute atomic E-state index is 0.117. The van der Waals surface area contributed by atoms with Crippen molar-refractivity contribution in [2.45, 2.75) is 19.9 Å². The number of aryl methyl sites for hydroxylation is 2. The Morgan fingerprint density at radius 1 is 1.00 bits per heavy atom. The van der Waals surface area contributed by atoms with Gasteiger partial charge >= 0.3 is 0 Å². The Morgan fingerprint density at radius 3 is 2.23 bits per heavy atom. The van der Waals surface area contributed by atoms with Gasteiger partial charge in [0.1, 0.15) is 5.76 Å². The highest BCUT2D eigenvalue weighted by molar-refractivity contribution is 6.46. The number of benzene rings is 2. The van der Waals surface area contributed by atoms with Crippen LogP contribution in [0.15, 0.2) is 48.0 Å². The second-order valence-electron chi connectivity index (χ2n) is 8.60. The van der Waals surface area contributed by atoms with Crippen molar-refractivity contribution >= 4 is 23.1 Å². The van der Waals surface area contributed by atoms with Gasteiger partial charge in [0, 0.05) is 38.4 Å². The molecule has 0 bridgehead atoms. The fourth-order valence-corrected chi connectivity index (χ4v) is 3.86. The molecule has 1 amide bonds. The molecule has 2 aromatic carbocycles. The standard InChI is InChI=1S/C25H31N3O3/c1-16-7-8-17(2)20(15-16)23(29)21-22(18-9-11-19(12-10-18)27(5)6)28(14-13-26(3)4)25(31)24(21)30/h7-12,15,22,29H,13-14H2,1-6H3.